The second-order valence-electron chi connectivity index (χ2n) is 5.59. The molecule has 3 nitrogen and oxygen atoms in total. The fraction of sp³-hybridized carbons (Fsp3) is 0.500. The molecule has 18 heavy (non-hydrogen) atoms. The van der Waals surface area contributed by atoms with Crippen LogP contribution in [0, 0.1) is 12.8 Å². The number of hydrogen-bond acceptors (Lipinski definition) is 2. The summed E-state index contributed by atoms with van der Waals surface area (Å²) in [6.45, 7) is 6.73. The Bertz CT molecular complexity index is 485. The molecular weight excluding hydrogens is 250 g/mol. The molecule has 0 aliphatic carbocycles. The van der Waals surface area contributed by atoms with Crippen LogP contribution in [0.5, 0.6) is 0 Å². The van der Waals surface area contributed by atoms with Gasteiger partial charge in [-0.25, -0.2) is 0 Å². The lowest BCUT2D eigenvalue weighted by Crippen LogP contribution is -2.38. The second kappa shape index (κ2) is 4.47. The summed E-state index contributed by atoms with van der Waals surface area (Å²) in [7, 11) is 0. The molecule has 1 N–H and O–H groups in total. The molecule has 0 bridgehead atoms. The van der Waals surface area contributed by atoms with E-state index in [0.29, 0.717) is 18.0 Å². The SMILES string of the molecule is Cc1ccc(Cl)cc1N1CC(C(=O)O)CC1(C)C. The third-order valence-electron chi connectivity index (χ3n) is 3.69. The highest BCUT2D eigenvalue weighted by atomic mass is 35.5. The first-order chi connectivity index (χ1) is 8.31. The maximum absolute atomic E-state index is 11.2. The van der Waals surface area contributed by atoms with Gasteiger partial charge < -0.3 is 10.0 Å². The van der Waals surface area contributed by atoms with Crippen molar-refractivity contribution in [1.82, 2.24) is 0 Å². The molecule has 4 heteroatoms. The van der Waals surface area contributed by atoms with Crippen molar-refractivity contribution in [3.63, 3.8) is 0 Å². The van der Waals surface area contributed by atoms with Gasteiger partial charge in [0.2, 0.25) is 0 Å². The van der Waals surface area contributed by atoms with Gasteiger partial charge in [0.25, 0.3) is 0 Å². The van der Waals surface area contributed by atoms with Gasteiger partial charge in [0.05, 0.1) is 5.92 Å². The molecule has 1 fully saturated rings. The first-order valence-corrected chi connectivity index (χ1v) is 6.45. The number of aryl methyl sites for hydroxylation is 1. The number of carboxylic acid groups (broad SMARTS) is 1. The average Bonchev–Trinajstić information content (AvgIpc) is 2.58. The fourth-order valence-corrected chi connectivity index (χ4v) is 2.87. The van der Waals surface area contributed by atoms with Crippen molar-refractivity contribution < 1.29 is 9.90 Å². The van der Waals surface area contributed by atoms with E-state index in [1.807, 2.05) is 25.1 Å². The van der Waals surface area contributed by atoms with Crippen LogP contribution in [0.3, 0.4) is 0 Å². The number of nitrogens with zero attached hydrogens (tertiary/aromatic N) is 1. The van der Waals surface area contributed by atoms with E-state index < -0.39 is 5.97 Å². The Morgan fingerprint density at radius 1 is 1.50 bits per heavy atom. The van der Waals surface area contributed by atoms with Gasteiger partial charge in [-0.1, -0.05) is 17.7 Å². The average molecular weight is 268 g/mol. The molecule has 1 aromatic carbocycles. The van der Waals surface area contributed by atoms with Crippen LogP contribution in [0.2, 0.25) is 5.02 Å². The maximum Gasteiger partial charge on any atom is 0.308 e. The van der Waals surface area contributed by atoms with Gasteiger partial charge >= 0.3 is 5.97 Å². The highest BCUT2D eigenvalue weighted by Crippen LogP contribution is 2.39. The zero-order valence-corrected chi connectivity index (χ0v) is 11.7. The van der Waals surface area contributed by atoms with Crippen molar-refractivity contribution in [2.75, 3.05) is 11.4 Å². The van der Waals surface area contributed by atoms with Crippen LogP contribution < -0.4 is 4.90 Å². The number of rotatable bonds is 2. The Kier molecular flexibility index (Phi) is 3.28. The van der Waals surface area contributed by atoms with E-state index in [2.05, 4.69) is 18.7 Å². The Balaban J connectivity index is 2.38. The largest absolute Gasteiger partial charge is 0.481 e. The molecule has 0 saturated carbocycles. The summed E-state index contributed by atoms with van der Waals surface area (Å²) < 4.78 is 0. The quantitative estimate of drug-likeness (QED) is 0.893. The van der Waals surface area contributed by atoms with Gasteiger partial charge in [-0.05, 0) is 44.9 Å². The molecule has 0 radical (unpaired) electrons. The summed E-state index contributed by atoms with van der Waals surface area (Å²) in [4.78, 5) is 13.3. The number of halogens is 1. The third-order valence-corrected chi connectivity index (χ3v) is 3.93. The van der Waals surface area contributed by atoms with Crippen LogP contribution >= 0.6 is 11.6 Å². The molecule has 0 spiro atoms. The molecule has 2 rings (SSSR count). The monoisotopic (exact) mass is 267 g/mol. The number of carboxylic acids is 1. The standard InChI is InChI=1S/C14H18ClNO2/c1-9-4-5-11(15)6-12(9)16-8-10(13(17)18)7-14(16,2)3/h4-6,10H,7-8H2,1-3H3,(H,17,18). The van der Waals surface area contributed by atoms with Crippen LogP contribution in [-0.2, 0) is 4.79 Å². The third kappa shape index (κ3) is 2.32. The minimum atomic E-state index is -0.717. The van der Waals surface area contributed by atoms with Crippen LogP contribution in [0.4, 0.5) is 5.69 Å². The zero-order chi connectivity index (χ0) is 13.5. The molecular formula is C14H18ClNO2. The van der Waals surface area contributed by atoms with Crippen molar-refractivity contribution in [3.8, 4) is 0 Å². The molecule has 1 aliphatic heterocycles. The van der Waals surface area contributed by atoms with Gasteiger partial charge in [0.15, 0.2) is 0 Å². The smallest absolute Gasteiger partial charge is 0.308 e. The Hall–Kier alpha value is -1.22. The van der Waals surface area contributed by atoms with Crippen molar-refractivity contribution in [3.05, 3.63) is 28.8 Å². The predicted octanol–water partition coefficient (Wildman–Crippen LogP) is 3.34. The number of anilines is 1. The summed E-state index contributed by atoms with van der Waals surface area (Å²) in [6.07, 6.45) is 0.661. The number of benzene rings is 1. The molecule has 1 aromatic rings. The van der Waals surface area contributed by atoms with Crippen LogP contribution in [-0.4, -0.2) is 23.2 Å². The van der Waals surface area contributed by atoms with Gasteiger partial charge in [0, 0.05) is 22.8 Å². The van der Waals surface area contributed by atoms with Crippen LogP contribution in [0.25, 0.3) is 0 Å². The maximum atomic E-state index is 11.2. The van der Waals surface area contributed by atoms with Crippen molar-refractivity contribution in [2.24, 2.45) is 5.92 Å². The highest BCUT2D eigenvalue weighted by Gasteiger charge is 2.42. The molecule has 98 valence electrons. The van der Waals surface area contributed by atoms with Gasteiger partial charge in [-0.15, -0.1) is 0 Å². The summed E-state index contributed by atoms with van der Waals surface area (Å²) in [6, 6.07) is 5.75. The van der Waals surface area contributed by atoms with Crippen molar-refractivity contribution in [1.29, 1.82) is 0 Å². The molecule has 1 saturated heterocycles. The normalized spacial score (nSPS) is 22.2. The lowest BCUT2D eigenvalue weighted by molar-refractivity contribution is -0.141. The second-order valence-corrected chi connectivity index (χ2v) is 6.03. The molecule has 1 heterocycles. The highest BCUT2D eigenvalue weighted by molar-refractivity contribution is 6.30. The van der Waals surface area contributed by atoms with E-state index in [1.54, 1.807) is 0 Å². The fourth-order valence-electron chi connectivity index (χ4n) is 2.71. The summed E-state index contributed by atoms with van der Waals surface area (Å²) in [5, 5.41) is 9.87. The van der Waals surface area contributed by atoms with Gasteiger partial charge in [-0.2, -0.15) is 0 Å². The van der Waals surface area contributed by atoms with Gasteiger partial charge in [-0.3, -0.25) is 4.79 Å². The predicted molar refractivity (Wildman–Crippen MR) is 73.4 cm³/mol. The van der Waals surface area contributed by atoms with E-state index in [9.17, 15) is 9.90 Å². The molecule has 1 unspecified atom stereocenters. The minimum Gasteiger partial charge on any atom is -0.481 e. The lowest BCUT2D eigenvalue weighted by atomic mass is 9.96. The number of hydrogen-bond donors (Lipinski definition) is 1. The lowest BCUT2D eigenvalue weighted by Gasteiger charge is -2.34. The van der Waals surface area contributed by atoms with Gasteiger partial charge in [0.1, 0.15) is 0 Å². The van der Waals surface area contributed by atoms with E-state index in [1.165, 1.54) is 0 Å². The van der Waals surface area contributed by atoms with Crippen molar-refractivity contribution in [2.45, 2.75) is 32.7 Å². The molecule has 1 aliphatic rings. The van der Waals surface area contributed by atoms with E-state index in [4.69, 9.17) is 11.6 Å². The molecule has 0 aromatic heterocycles. The molecule has 1 atom stereocenters. The topological polar surface area (TPSA) is 40.5 Å². The van der Waals surface area contributed by atoms with Crippen molar-refractivity contribution >= 4 is 23.3 Å². The Morgan fingerprint density at radius 2 is 2.17 bits per heavy atom. The summed E-state index contributed by atoms with van der Waals surface area (Å²) in [5.74, 6) is -1.02. The minimum absolute atomic E-state index is 0.154. The number of carbonyl (C=O) groups is 1. The van der Waals surface area contributed by atoms with E-state index in [0.717, 1.165) is 11.3 Å². The zero-order valence-electron chi connectivity index (χ0n) is 10.9. The van der Waals surface area contributed by atoms with E-state index in [-0.39, 0.29) is 11.5 Å². The Morgan fingerprint density at radius 3 is 2.72 bits per heavy atom. The first-order valence-electron chi connectivity index (χ1n) is 6.08. The van der Waals surface area contributed by atoms with E-state index >= 15 is 0 Å². The Labute approximate surface area is 112 Å². The summed E-state index contributed by atoms with van der Waals surface area (Å²) >= 11 is 6.04. The van der Waals surface area contributed by atoms with Crippen LogP contribution in [0.15, 0.2) is 18.2 Å². The van der Waals surface area contributed by atoms with Crippen LogP contribution in [0.1, 0.15) is 25.8 Å². The summed E-state index contributed by atoms with van der Waals surface area (Å²) in [5.41, 5.74) is 2.01. The number of aliphatic carboxylic acids is 1. The molecule has 0 amide bonds. The first kappa shape index (κ1) is 13.2.